The number of carbonyl (C=O) groups is 1. The van der Waals surface area contributed by atoms with Crippen molar-refractivity contribution in [3.05, 3.63) is 0 Å². The van der Waals surface area contributed by atoms with Crippen molar-refractivity contribution in [1.29, 1.82) is 0 Å². The highest BCUT2D eigenvalue weighted by Gasteiger charge is 2.32. The molecule has 4 heteroatoms. The van der Waals surface area contributed by atoms with Crippen molar-refractivity contribution in [2.75, 3.05) is 39.3 Å². The van der Waals surface area contributed by atoms with Crippen molar-refractivity contribution in [3.8, 4) is 0 Å². The second-order valence-corrected chi connectivity index (χ2v) is 6.07. The Kier molecular flexibility index (Phi) is 4.95. The van der Waals surface area contributed by atoms with E-state index in [0.717, 1.165) is 32.7 Å². The van der Waals surface area contributed by atoms with Gasteiger partial charge in [-0.3, -0.25) is 9.69 Å². The Balaban J connectivity index is 2.44. The Bertz CT molecular complexity index is 255. The largest absolute Gasteiger partial charge is 0.340 e. The summed E-state index contributed by atoms with van der Waals surface area (Å²) in [5.41, 5.74) is 5.23. The van der Waals surface area contributed by atoms with Crippen LogP contribution in [0.1, 0.15) is 27.7 Å². The molecule has 1 fully saturated rings. The third-order valence-corrected chi connectivity index (χ3v) is 3.37. The molecule has 0 aromatic heterocycles. The molecule has 0 aromatic rings. The molecule has 100 valence electrons. The van der Waals surface area contributed by atoms with Gasteiger partial charge in [-0.25, -0.2) is 0 Å². The van der Waals surface area contributed by atoms with Crippen LogP contribution in [0.4, 0.5) is 0 Å². The first-order valence-corrected chi connectivity index (χ1v) is 6.58. The molecule has 17 heavy (non-hydrogen) atoms. The van der Waals surface area contributed by atoms with Gasteiger partial charge in [-0.15, -0.1) is 0 Å². The fraction of sp³-hybridized carbons (Fsp3) is 0.923. The van der Waals surface area contributed by atoms with E-state index in [1.165, 1.54) is 0 Å². The van der Waals surface area contributed by atoms with E-state index in [1.807, 2.05) is 18.7 Å². The van der Waals surface area contributed by atoms with Crippen molar-refractivity contribution >= 4 is 5.91 Å². The summed E-state index contributed by atoms with van der Waals surface area (Å²) in [5, 5.41) is 0. The van der Waals surface area contributed by atoms with Gasteiger partial charge in [-0.1, -0.05) is 13.8 Å². The van der Waals surface area contributed by atoms with Gasteiger partial charge in [0.25, 0.3) is 0 Å². The first kappa shape index (κ1) is 14.5. The van der Waals surface area contributed by atoms with E-state index in [0.29, 0.717) is 12.5 Å². The molecule has 2 N–H and O–H groups in total. The summed E-state index contributed by atoms with van der Waals surface area (Å²) in [6.45, 7) is 13.5. The maximum absolute atomic E-state index is 12.2. The van der Waals surface area contributed by atoms with Gasteiger partial charge in [0, 0.05) is 39.3 Å². The quantitative estimate of drug-likeness (QED) is 0.791. The van der Waals surface area contributed by atoms with Gasteiger partial charge in [-0.05, 0) is 19.8 Å². The molecule has 1 aliphatic rings. The lowest BCUT2D eigenvalue weighted by atomic mass is 9.91. The van der Waals surface area contributed by atoms with Gasteiger partial charge >= 0.3 is 0 Å². The second kappa shape index (κ2) is 5.83. The molecule has 1 rings (SSSR count). The standard InChI is InChI=1S/C13H27N3O/c1-11(2)9-15-5-7-16(8-6-15)12(17)13(3,4)10-14/h11H,5-10,14H2,1-4H3. The van der Waals surface area contributed by atoms with Crippen molar-refractivity contribution in [1.82, 2.24) is 9.80 Å². The van der Waals surface area contributed by atoms with E-state index in [-0.39, 0.29) is 5.91 Å². The molecule has 1 amide bonds. The third-order valence-electron chi connectivity index (χ3n) is 3.37. The summed E-state index contributed by atoms with van der Waals surface area (Å²) in [6, 6.07) is 0. The first-order chi connectivity index (χ1) is 7.86. The molecule has 4 nitrogen and oxygen atoms in total. The van der Waals surface area contributed by atoms with Crippen LogP contribution in [0.5, 0.6) is 0 Å². The van der Waals surface area contributed by atoms with Crippen LogP contribution in [0.15, 0.2) is 0 Å². The number of hydrogen-bond donors (Lipinski definition) is 1. The molecule has 0 saturated carbocycles. The number of amides is 1. The van der Waals surface area contributed by atoms with Crippen LogP contribution >= 0.6 is 0 Å². The van der Waals surface area contributed by atoms with Gasteiger partial charge in [-0.2, -0.15) is 0 Å². The highest BCUT2D eigenvalue weighted by molar-refractivity contribution is 5.82. The molecule has 0 spiro atoms. The predicted octanol–water partition coefficient (Wildman–Crippen LogP) is 0.772. The molecule has 0 unspecified atom stereocenters. The van der Waals surface area contributed by atoms with Crippen molar-refractivity contribution in [2.45, 2.75) is 27.7 Å². The summed E-state index contributed by atoms with van der Waals surface area (Å²) in [7, 11) is 0. The Labute approximate surface area is 105 Å². The van der Waals surface area contributed by atoms with Gasteiger partial charge in [0.1, 0.15) is 0 Å². The van der Waals surface area contributed by atoms with Crippen LogP contribution < -0.4 is 5.73 Å². The normalized spacial score (nSPS) is 18.8. The van der Waals surface area contributed by atoms with Gasteiger partial charge in [0.05, 0.1) is 5.41 Å². The molecule has 0 bridgehead atoms. The van der Waals surface area contributed by atoms with Gasteiger partial charge < -0.3 is 10.6 Å². The molecular formula is C13H27N3O. The lowest BCUT2D eigenvalue weighted by Gasteiger charge is -2.38. The minimum atomic E-state index is -0.416. The van der Waals surface area contributed by atoms with Crippen LogP contribution in [0.3, 0.4) is 0 Å². The molecule has 0 atom stereocenters. The Morgan fingerprint density at radius 2 is 1.76 bits per heavy atom. The topological polar surface area (TPSA) is 49.6 Å². The highest BCUT2D eigenvalue weighted by Crippen LogP contribution is 2.18. The lowest BCUT2D eigenvalue weighted by Crippen LogP contribution is -2.53. The monoisotopic (exact) mass is 241 g/mol. The number of rotatable bonds is 4. The molecular weight excluding hydrogens is 214 g/mol. The predicted molar refractivity (Wildman–Crippen MR) is 70.7 cm³/mol. The second-order valence-electron chi connectivity index (χ2n) is 6.07. The number of piperazine rings is 1. The zero-order chi connectivity index (χ0) is 13.1. The number of hydrogen-bond acceptors (Lipinski definition) is 3. The van der Waals surface area contributed by atoms with E-state index in [1.54, 1.807) is 0 Å². The molecule has 0 radical (unpaired) electrons. The van der Waals surface area contributed by atoms with E-state index >= 15 is 0 Å². The third kappa shape index (κ3) is 3.96. The van der Waals surface area contributed by atoms with Crippen LogP contribution in [0.25, 0.3) is 0 Å². The minimum Gasteiger partial charge on any atom is -0.340 e. The van der Waals surface area contributed by atoms with Gasteiger partial charge in [0.15, 0.2) is 0 Å². The first-order valence-electron chi connectivity index (χ1n) is 6.58. The van der Waals surface area contributed by atoms with Crippen LogP contribution in [-0.4, -0.2) is 55.0 Å². The summed E-state index contributed by atoms with van der Waals surface area (Å²) < 4.78 is 0. The molecule has 0 aromatic carbocycles. The Morgan fingerprint density at radius 3 is 2.18 bits per heavy atom. The zero-order valence-electron chi connectivity index (χ0n) is 11.7. The molecule has 1 saturated heterocycles. The number of nitrogens with two attached hydrogens (primary N) is 1. The van der Waals surface area contributed by atoms with Crippen molar-refractivity contribution in [3.63, 3.8) is 0 Å². The zero-order valence-corrected chi connectivity index (χ0v) is 11.7. The highest BCUT2D eigenvalue weighted by atomic mass is 16.2. The Morgan fingerprint density at radius 1 is 1.24 bits per heavy atom. The average Bonchev–Trinajstić information content (AvgIpc) is 2.28. The molecule has 1 aliphatic heterocycles. The van der Waals surface area contributed by atoms with Crippen molar-refractivity contribution < 1.29 is 4.79 Å². The van der Waals surface area contributed by atoms with Crippen LogP contribution in [-0.2, 0) is 4.79 Å². The maximum Gasteiger partial charge on any atom is 0.229 e. The molecule has 0 aliphatic carbocycles. The summed E-state index contributed by atoms with van der Waals surface area (Å²) in [6.07, 6.45) is 0. The summed E-state index contributed by atoms with van der Waals surface area (Å²) >= 11 is 0. The lowest BCUT2D eigenvalue weighted by molar-refractivity contribution is -0.141. The molecule has 1 heterocycles. The van der Waals surface area contributed by atoms with Gasteiger partial charge in [0.2, 0.25) is 5.91 Å². The Hall–Kier alpha value is -0.610. The van der Waals surface area contributed by atoms with Crippen LogP contribution in [0.2, 0.25) is 0 Å². The van der Waals surface area contributed by atoms with E-state index in [4.69, 9.17) is 5.73 Å². The maximum atomic E-state index is 12.2. The van der Waals surface area contributed by atoms with E-state index < -0.39 is 5.41 Å². The minimum absolute atomic E-state index is 0.198. The van der Waals surface area contributed by atoms with E-state index in [9.17, 15) is 4.79 Å². The van der Waals surface area contributed by atoms with Crippen LogP contribution in [0, 0.1) is 11.3 Å². The summed E-state index contributed by atoms with van der Waals surface area (Å²) in [5.74, 6) is 0.891. The fourth-order valence-corrected chi connectivity index (χ4v) is 2.17. The SMILES string of the molecule is CC(C)CN1CCN(C(=O)C(C)(C)CN)CC1. The fourth-order valence-electron chi connectivity index (χ4n) is 2.17. The average molecular weight is 241 g/mol. The van der Waals surface area contributed by atoms with E-state index in [2.05, 4.69) is 18.7 Å². The smallest absolute Gasteiger partial charge is 0.229 e. The summed E-state index contributed by atoms with van der Waals surface area (Å²) in [4.78, 5) is 16.6. The number of nitrogens with zero attached hydrogens (tertiary/aromatic N) is 2. The van der Waals surface area contributed by atoms with Crippen molar-refractivity contribution in [2.24, 2.45) is 17.1 Å². The number of carbonyl (C=O) groups excluding carboxylic acids is 1.